The van der Waals surface area contributed by atoms with E-state index in [1.54, 1.807) is 6.20 Å². The highest BCUT2D eigenvalue weighted by Gasteiger charge is 2.27. The molecule has 1 heterocycles. The molecule has 122 valence electrons. The molecule has 0 radical (unpaired) electrons. The second kappa shape index (κ2) is 8.57. The Morgan fingerprint density at radius 3 is 2.59 bits per heavy atom. The van der Waals surface area contributed by atoms with E-state index in [9.17, 15) is 14.4 Å². The molecule has 2 unspecified atom stereocenters. The van der Waals surface area contributed by atoms with E-state index in [2.05, 4.69) is 31.0 Å². The average molecular weight is 375 g/mol. The van der Waals surface area contributed by atoms with Crippen LogP contribution in [0.2, 0.25) is 0 Å². The molecule has 22 heavy (non-hydrogen) atoms. The van der Waals surface area contributed by atoms with Crippen LogP contribution in [0.25, 0.3) is 0 Å². The lowest BCUT2D eigenvalue weighted by molar-refractivity contribution is -0.147. The number of ether oxygens (including phenoxy) is 2. The van der Waals surface area contributed by atoms with E-state index in [0.29, 0.717) is 10.9 Å². The highest BCUT2D eigenvalue weighted by Crippen LogP contribution is 2.12. The minimum Gasteiger partial charge on any atom is -0.467 e. The number of methoxy groups -OCH3 is 1. The molecule has 0 aliphatic carbocycles. The molecule has 1 rings (SSSR count). The monoisotopic (exact) mass is 374 g/mol. The van der Waals surface area contributed by atoms with Crippen LogP contribution in [-0.4, -0.2) is 42.6 Å². The number of carbonyl (C=O) groups excluding carboxylic acids is 3. The van der Waals surface area contributed by atoms with Crippen molar-refractivity contribution in [2.24, 2.45) is 5.92 Å². The van der Waals surface area contributed by atoms with Crippen LogP contribution in [0.15, 0.2) is 16.7 Å². The van der Waals surface area contributed by atoms with Gasteiger partial charge in [0, 0.05) is 10.7 Å². The van der Waals surface area contributed by atoms with Crippen LogP contribution in [0.1, 0.15) is 30.8 Å². The molecule has 0 spiro atoms. The first-order valence-electron chi connectivity index (χ1n) is 6.77. The molecule has 2 atom stereocenters. The molecule has 0 aromatic carbocycles. The van der Waals surface area contributed by atoms with Crippen molar-refractivity contribution in [3.63, 3.8) is 0 Å². The van der Waals surface area contributed by atoms with Crippen molar-refractivity contribution >= 4 is 33.8 Å². The summed E-state index contributed by atoms with van der Waals surface area (Å²) in [6.45, 7) is 3.25. The zero-order valence-electron chi connectivity index (χ0n) is 12.6. The Balaban J connectivity index is 2.53. The molecule has 1 aromatic heterocycles. The summed E-state index contributed by atoms with van der Waals surface area (Å²) in [6, 6.07) is 0.775. The maximum absolute atomic E-state index is 11.8. The molecule has 2 N–H and O–H groups in total. The van der Waals surface area contributed by atoms with Crippen molar-refractivity contribution in [2.75, 3.05) is 13.7 Å². The predicted molar refractivity (Wildman–Crippen MR) is 82.2 cm³/mol. The van der Waals surface area contributed by atoms with Gasteiger partial charge in [0.15, 0.2) is 6.61 Å². The molecule has 1 aromatic rings. The van der Waals surface area contributed by atoms with Gasteiger partial charge in [0.25, 0.3) is 5.91 Å². The van der Waals surface area contributed by atoms with Gasteiger partial charge in [0.05, 0.1) is 7.11 Å². The molecule has 7 nitrogen and oxygen atoms in total. The molecule has 0 saturated carbocycles. The third-order valence-corrected chi connectivity index (χ3v) is 3.64. The summed E-state index contributed by atoms with van der Waals surface area (Å²) in [7, 11) is 1.26. The predicted octanol–water partition coefficient (Wildman–Crippen LogP) is 1.64. The number of aromatic amines is 1. The number of nitrogens with one attached hydrogen (secondary N) is 2. The Hall–Kier alpha value is -1.83. The van der Waals surface area contributed by atoms with E-state index in [0.717, 1.165) is 0 Å². The number of halogens is 1. The zero-order valence-corrected chi connectivity index (χ0v) is 14.2. The van der Waals surface area contributed by atoms with Gasteiger partial charge in [-0.3, -0.25) is 4.79 Å². The number of hydrogen-bond donors (Lipinski definition) is 2. The average Bonchev–Trinajstić information content (AvgIpc) is 2.95. The molecule has 8 heteroatoms. The van der Waals surface area contributed by atoms with Crippen LogP contribution in [0.4, 0.5) is 0 Å². The van der Waals surface area contributed by atoms with Crippen molar-refractivity contribution in [3.05, 3.63) is 22.4 Å². The first-order chi connectivity index (χ1) is 10.4. The summed E-state index contributed by atoms with van der Waals surface area (Å²) in [5, 5.41) is 2.52. The van der Waals surface area contributed by atoms with E-state index in [1.807, 2.05) is 13.8 Å². The second-order valence-electron chi connectivity index (χ2n) is 4.76. The minimum atomic E-state index is -0.763. The summed E-state index contributed by atoms with van der Waals surface area (Å²) in [5.41, 5.74) is 0.228. The fourth-order valence-corrected chi connectivity index (χ4v) is 2.05. The van der Waals surface area contributed by atoms with Crippen molar-refractivity contribution in [3.8, 4) is 0 Å². The molecular formula is C14H19BrN2O5. The number of aromatic nitrogens is 1. The summed E-state index contributed by atoms with van der Waals surface area (Å²) < 4.78 is 10.2. The maximum atomic E-state index is 11.8. The number of rotatable bonds is 7. The Morgan fingerprint density at radius 1 is 1.41 bits per heavy atom. The van der Waals surface area contributed by atoms with Crippen LogP contribution in [0.5, 0.6) is 0 Å². The molecule has 0 saturated heterocycles. The summed E-state index contributed by atoms with van der Waals surface area (Å²) in [4.78, 5) is 37.9. The van der Waals surface area contributed by atoms with Crippen LogP contribution in [0, 0.1) is 5.92 Å². The van der Waals surface area contributed by atoms with Crippen molar-refractivity contribution in [1.82, 2.24) is 10.3 Å². The Morgan fingerprint density at radius 2 is 2.09 bits per heavy atom. The van der Waals surface area contributed by atoms with Crippen LogP contribution >= 0.6 is 15.9 Å². The Labute approximate surface area is 136 Å². The third kappa shape index (κ3) is 5.18. The van der Waals surface area contributed by atoms with Crippen LogP contribution in [0.3, 0.4) is 0 Å². The standard InChI is InChI=1S/C14H19BrN2O5/c1-4-8(2)12(14(20)21-3)17-11(18)7-22-13(19)10-5-9(15)6-16-10/h5-6,8,12,16H,4,7H2,1-3H3,(H,17,18). The highest BCUT2D eigenvalue weighted by molar-refractivity contribution is 9.10. The Bertz CT molecular complexity index is 543. The smallest absolute Gasteiger partial charge is 0.355 e. The van der Waals surface area contributed by atoms with Crippen molar-refractivity contribution in [2.45, 2.75) is 26.3 Å². The quantitative estimate of drug-likeness (QED) is 0.707. The fraction of sp³-hybridized carbons (Fsp3) is 0.500. The van der Waals surface area contributed by atoms with Crippen LogP contribution in [-0.2, 0) is 19.1 Å². The lowest BCUT2D eigenvalue weighted by Gasteiger charge is -2.21. The SMILES string of the molecule is CCC(C)C(NC(=O)COC(=O)c1cc(Br)c[nH]1)C(=O)OC. The third-order valence-electron chi connectivity index (χ3n) is 3.19. The van der Waals surface area contributed by atoms with Gasteiger partial charge in [-0.15, -0.1) is 0 Å². The van der Waals surface area contributed by atoms with Gasteiger partial charge in [-0.2, -0.15) is 0 Å². The molecule has 0 aliphatic rings. The number of hydrogen-bond acceptors (Lipinski definition) is 5. The molecular weight excluding hydrogens is 356 g/mol. The van der Waals surface area contributed by atoms with Gasteiger partial charge in [-0.25, -0.2) is 9.59 Å². The lowest BCUT2D eigenvalue weighted by atomic mass is 9.99. The summed E-state index contributed by atoms with van der Waals surface area (Å²) in [5.74, 6) is -1.83. The summed E-state index contributed by atoms with van der Waals surface area (Å²) in [6.07, 6.45) is 2.27. The summed E-state index contributed by atoms with van der Waals surface area (Å²) >= 11 is 3.19. The highest BCUT2D eigenvalue weighted by atomic mass is 79.9. The maximum Gasteiger partial charge on any atom is 0.355 e. The molecule has 1 amide bonds. The van der Waals surface area contributed by atoms with Gasteiger partial charge < -0.3 is 19.8 Å². The Kier molecular flexibility index (Phi) is 7.10. The fourth-order valence-electron chi connectivity index (χ4n) is 1.71. The van der Waals surface area contributed by atoms with Gasteiger partial charge in [0.1, 0.15) is 11.7 Å². The second-order valence-corrected chi connectivity index (χ2v) is 5.68. The first kappa shape index (κ1) is 18.2. The number of H-pyrrole nitrogens is 1. The van der Waals surface area contributed by atoms with Crippen molar-refractivity contribution in [1.29, 1.82) is 0 Å². The van der Waals surface area contributed by atoms with E-state index in [4.69, 9.17) is 4.74 Å². The van der Waals surface area contributed by atoms with E-state index in [1.165, 1.54) is 13.2 Å². The lowest BCUT2D eigenvalue weighted by Crippen LogP contribution is -2.47. The largest absolute Gasteiger partial charge is 0.467 e. The van der Waals surface area contributed by atoms with E-state index in [-0.39, 0.29) is 11.6 Å². The number of amides is 1. The zero-order chi connectivity index (χ0) is 16.7. The van der Waals surface area contributed by atoms with Crippen LogP contribution < -0.4 is 5.32 Å². The molecule has 0 bridgehead atoms. The topological polar surface area (TPSA) is 97.5 Å². The molecule has 0 aliphatic heterocycles. The first-order valence-corrected chi connectivity index (χ1v) is 7.56. The number of esters is 2. The normalized spacial score (nSPS) is 13.1. The van der Waals surface area contributed by atoms with Crippen molar-refractivity contribution < 1.29 is 23.9 Å². The van der Waals surface area contributed by atoms with E-state index < -0.39 is 30.5 Å². The molecule has 0 fully saturated rings. The van der Waals surface area contributed by atoms with Gasteiger partial charge in [0.2, 0.25) is 0 Å². The van der Waals surface area contributed by atoms with Gasteiger partial charge in [-0.05, 0) is 27.9 Å². The minimum absolute atomic E-state index is 0.0912. The van der Waals surface area contributed by atoms with Gasteiger partial charge >= 0.3 is 11.9 Å². The van der Waals surface area contributed by atoms with Gasteiger partial charge in [-0.1, -0.05) is 20.3 Å². The van der Waals surface area contributed by atoms with E-state index >= 15 is 0 Å². The number of carbonyl (C=O) groups is 3.